The van der Waals surface area contributed by atoms with E-state index in [4.69, 9.17) is 10.8 Å². The van der Waals surface area contributed by atoms with E-state index in [0.29, 0.717) is 8.09 Å². The second-order valence-corrected chi connectivity index (χ2v) is 5.24. The molecule has 2 nitrogen and oxygen atoms in total. The van der Waals surface area contributed by atoms with Gasteiger partial charge in [-0.25, -0.2) is 0 Å². The summed E-state index contributed by atoms with van der Waals surface area (Å²) < 4.78 is 0.677. The molecule has 0 aromatic heterocycles. The molecule has 0 amide bonds. The Balaban J connectivity index is 3.40. The van der Waals surface area contributed by atoms with Crippen LogP contribution in [-0.2, 0) is 0 Å². The Morgan fingerprint density at radius 3 is 2.12 bits per heavy atom. The standard InChI is InChI=1S/C4H8IN2S/c1-3(6)8-4(7)5-2/h6-7H,1-2H3/q-1. The number of alkyl halides is 1. The molecule has 0 aliphatic rings. The molecule has 0 atom stereocenters. The number of thioether (sulfide) groups is 1. The van der Waals surface area contributed by atoms with Crippen molar-refractivity contribution in [3.8, 4) is 0 Å². The summed E-state index contributed by atoms with van der Waals surface area (Å²) in [6.45, 7) is 1.71. The van der Waals surface area contributed by atoms with Crippen LogP contribution < -0.4 is 21.2 Å². The first-order valence-electron chi connectivity index (χ1n) is 1.98. The molecule has 0 radical (unpaired) electrons. The molecular formula is C4H8IN2S-. The van der Waals surface area contributed by atoms with Crippen LogP contribution in [0.15, 0.2) is 0 Å². The van der Waals surface area contributed by atoms with Gasteiger partial charge >= 0.3 is 63.7 Å². The minimum absolute atomic E-state index is 0.0835. The predicted molar refractivity (Wildman–Crippen MR) is 34.6 cm³/mol. The van der Waals surface area contributed by atoms with Crippen molar-refractivity contribution < 1.29 is 21.2 Å². The molecule has 0 rings (SSSR count). The molecular weight excluding hydrogens is 235 g/mol. The molecule has 0 spiro atoms. The zero-order chi connectivity index (χ0) is 6.57. The first kappa shape index (κ1) is 8.42. The first-order chi connectivity index (χ1) is 3.66. The molecule has 0 aliphatic heterocycles. The van der Waals surface area contributed by atoms with E-state index < -0.39 is 0 Å². The summed E-state index contributed by atoms with van der Waals surface area (Å²) in [5.74, 6) is 0. The number of hydrogen-bond donors (Lipinski definition) is 2. The summed E-state index contributed by atoms with van der Waals surface area (Å²) in [4.78, 5) is 2.02. The van der Waals surface area contributed by atoms with Crippen molar-refractivity contribution >= 4 is 19.9 Å². The van der Waals surface area contributed by atoms with Crippen molar-refractivity contribution in [2.75, 3.05) is 4.93 Å². The van der Waals surface area contributed by atoms with Crippen molar-refractivity contribution in [2.24, 2.45) is 0 Å². The topological polar surface area (TPSA) is 47.7 Å². The quantitative estimate of drug-likeness (QED) is 0.247. The van der Waals surface area contributed by atoms with E-state index in [1.807, 2.05) is 4.93 Å². The summed E-state index contributed by atoms with van der Waals surface area (Å²) in [5.41, 5.74) is 0. The normalized spacial score (nSPS) is 9.25. The van der Waals surface area contributed by atoms with E-state index in [1.165, 1.54) is 11.8 Å². The summed E-state index contributed by atoms with van der Waals surface area (Å²) in [6, 6.07) is 0. The van der Waals surface area contributed by atoms with Crippen LogP contribution in [0.2, 0.25) is 0 Å². The van der Waals surface area contributed by atoms with Crippen LogP contribution in [0.25, 0.3) is 0 Å². The molecule has 8 heavy (non-hydrogen) atoms. The zero-order valence-corrected chi connectivity index (χ0v) is 7.76. The molecule has 0 aromatic carbocycles. The Morgan fingerprint density at radius 2 is 2.00 bits per heavy atom. The summed E-state index contributed by atoms with van der Waals surface area (Å²) in [6.07, 6.45) is 0. The van der Waals surface area contributed by atoms with Gasteiger partial charge in [0.15, 0.2) is 0 Å². The van der Waals surface area contributed by atoms with Crippen molar-refractivity contribution in [1.82, 2.24) is 0 Å². The zero-order valence-electron chi connectivity index (χ0n) is 4.79. The van der Waals surface area contributed by atoms with Gasteiger partial charge in [-0.15, -0.1) is 0 Å². The molecule has 0 heterocycles. The van der Waals surface area contributed by atoms with Gasteiger partial charge in [-0.2, -0.15) is 0 Å². The summed E-state index contributed by atoms with van der Waals surface area (Å²) in [7, 11) is 0. The van der Waals surface area contributed by atoms with E-state index in [2.05, 4.69) is 0 Å². The second kappa shape index (κ2) is 4.31. The first-order valence-corrected chi connectivity index (χ1v) is 6.03. The number of nitrogens with one attached hydrogen (secondary N) is 2. The maximum atomic E-state index is 7.14. The Kier molecular flexibility index (Phi) is 4.54. The molecule has 4 heteroatoms. The molecule has 0 unspecified atom stereocenters. The molecule has 0 aliphatic carbocycles. The second-order valence-electron chi connectivity index (χ2n) is 1.12. The minimum atomic E-state index is -0.0835. The number of hydrogen-bond acceptors (Lipinski definition) is 3. The Hall–Kier alpha value is 0.420. The van der Waals surface area contributed by atoms with Gasteiger partial charge in [-0.3, -0.25) is 0 Å². The molecule has 0 bridgehead atoms. The average Bonchev–Trinajstić information content (AvgIpc) is 1.65. The van der Waals surface area contributed by atoms with E-state index in [1.54, 1.807) is 6.92 Å². The fourth-order valence-electron chi connectivity index (χ4n) is 0.173. The SMILES string of the molecule is C[I-]C(=N)SC(C)=N. The Bertz CT molecular complexity index is 113. The third kappa shape index (κ3) is 4.58. The van der Waals surface area contributed by atoms with E-state index in [-0.39, 0.29) is 21.2 Å². The van der Waals surface area contributed by atoms with Crippen molar-refractivity contribution in [3.05, 3.63) is 0 Å². The number of halogens is 1. The van der Waals surface area contributed by atoms with E-state index in [0.717, 1.165) is 0 Å². The molecule has 0 aromatic rings. The Labute approximate surface area is 63.7 Å². The Morgan fingerprint density at radius 1 is 1.50 bits per heavy atom. The third-order valence-corrected chi connectivity index (χ3v) is 3.58. The molecule has 0 saturated heterocycles. The van der Waals surface area contributed by atoms with Crippen molar-refractivity contribution in [3.63, 3.8) is 0 Å². The van der Waals surface area contributed by atoms with Gasteiger partial charge in [0.2, 0.25) is 0 Å². The third-order valence-electron chi connectivity index (χ3n) is 0.414. The van der Waals surface area contributed by atoms with Gasteiger partial charge in [-0.05, 0) is 0 Å². The molecule has 48 valence electrons. The van der Waals surface area contributed by atoms with Gasteiger partial charge in [0.05, 0.1) is 0 Å². The van der Waals surface area contributed by atoms with Crippen molar-refractivity contribution in [2.45, 2.75) is 6.92 Å². The van der Waals surface area contributed by atoms with Gasteiger partial charge in [0, 0.05) is 0 Å². The van der Waals surface area contributed by atoms with Gasteiger partial charge in [-0.1, -0.05) is 0 Å². The van der Waals surface area contributed by atoms with Crippen LogP contribution in [0.1, 0.15) is 6.92 Å². The van der Waals surface area contributed by atoms with Crippen LogP contribution in [0, 0.1) is 10.8 Å². The molecule has 2 N–H and O–H groups in total. The van der Waals surface area contributed by atoms with Crippen molar-refractivity contribution in [1.29, 1.82) is 10.8 Å². The van der Waals surface area contributed by atoms with E-state index in [9.17, 15) is 0 Å². The van der Waals surface area contributed by atoms with Crippen LogP contribution in [0.5, 0.6) is 0 Å². The summed E-state index contributed by atoms with van der Waals surface area (Å²) >= 11 is 1.19. The van der Waals surface area contributed by atoms with Gasteiger partial charge in [0.1, 0.15) is 0 Å². The monoisotopic (exact) mass is 243 g/mol. The average molecular weight is 243 g/mol. The van der Waals surface area contributed by atoms with Crippen LogP contribution in [0.4, 0.5) is 0 Å². The van der Waals surface area contributed by atoms with Gasteiger partial charge < -0.3 is 0 Å². The fraction of sp³-hybridized carbons (Fsp3) is 0.500. The van der Waals surface area contributed by atoms with Crippen LogP contribution >= 0.6 is 11.8 Å². The van der Waals surface area contributed by atoms with Gasteiger partial charge in [0.25, 0.3) is 0 Å². The van der Waals surface area contributed by atoms with E-state index >= 15 is 0 Å². The fourth-order valence-corrected chi connectivity index (χ4v) is 2.17. The predicted octanol–water partition coefficient (Wildman–Crippen LogP) is -1.63. The number of rotatable bonds is 1. The molecule has 0 fully saturated rings. The maximum absolute atomic E-state index is 7.14. The molecule has 0 saturated carbocycles. The summed E-state index contributed by atoms with van der Waals surface area (Å²) in [5, 5.41) is 14.6. The van der Waals surface area contributed by atoms with Crippen LogP contribution in [0.3, 0.4) is 0 Å². The van der Waals surface area contributed by atoms with Crippen LogP contribution in [-0.4, -0.2) is 13.0 Å².